The SMILES string of the molecule is CC(Br)C(=O)N1CCc2[nH]nc(-c3ccc(Cl)cc3)c2C1. The number of aromatic nitrogens is 2. The number of H-pyrrole nitrogens is 1. The molecular weight excluding hydrogens is 354 g/mol. The number of carbonyl (C=O) groups excluding carboxylic acids is 1. The first-order valence-electron chi connectivity index (χ1n) is 6.81. The van der Waals surface area contributed by atoms with Crippen molar-refractivity contribution in [2.45, 2.75) is 24.7 Å². The molecule has 0 saturated carbocycles. The quantitative estimate of drug-likeness (QED) is 0.826. The molecule has 4 nitrogen and oxygen atoms in total. The van der Waals surface area contributed by atoms with E-state index in [2.05, 4.69) is 26.1 Å². The highest BCUT2D eigenvalue weighted by molar-refractivity contribution is 9.10. The van der Waals surface area contributed by atoms with Crippen molar-refractivity contribution in [3.8, 4) is 11.3 Å². The zero-order valence-electron chi connectivity index (χ0n) is 11.6. The van der Waals surface area contributed by atoms with Crippen LogP contribution >= 0.6 is 27.5 Å². The second-order valence-electron chi connectivity index (χ2n) is 5.16. The number of halogens is 2. The Bertz CT molecular complexity index is 666. The van der Waals surface area contributed by atoms with Gasteiger partial charge in [0.05, 0.1) is 10.5 Å². The van der Waals surface area contributed by atoms with Crippen LogP contribution in [0.4, 0.5) is 0 Å². The summed E-state index contributed by atoms with van der Waals surface area (Å²) in [6.07, 6.45) is 0.807. The molecule has 0 fully saturated rings. The Morgan fingerprint density at radius 2 is 2.14 bits per heavy atom. The predicted molar refractivity (Wildman–Crippen MR) is 86.5 cm³/mol. The van der Waals surface area contributed by atoms with Gasteiger partial charge in [-0.1, -0.05) is 39.7 Å². The lowest BCUT2D eigenvalue weighted by Crippen LogP contribution is -2.39. The van der Waals surface area contributed by atoms with E-state index in [1.54, 1.807) is 0 Å². The summed E-state index contributed by atoms with van der Waals surface area (Å²) in [5.74, 6) is 0.115. The van der Waals surface area contributed by atoms with E-state index >= 15 is 0 Å². The van der Waals surface area contributed by atoms with Crippen LogP contribution in [0.15, 0.2) is 24.3 Å². The number of benzene rings is 1. The fourth-order valence-electron chi connectivity index (χ4n) is 2.58. The minimum Gasteiger partial charge on any atom is -0.337 e. The third-order valence-corrected chi connectivity index (χ3v) is 4.35. The molecule has 0 spiro atoms. The summed E-state index contributed by atoms with van der Waals surface area (Å²) in [6.45, 7) is 3.18. The van der Waals surface area contributed by atoms with Crippen LogP contribution < -0.4 is 0 Å². The molecular formula is C15H15BrClN3O. The van der Waals surface area contributed by atoms with Crippen molar-refractivity contribution in [3.05, 3.63) is 40.5 Å². The van der Waals surface area contributed by atoms with Crippen LogP contribution in [0, 0.1) is 0 Å². The van der Waals surface area contributed by atoms with Crippen LogP contribution in [-0.2, 0) is 17.8 Å². The maximum absolute atomic E-state index is 12.2. The van der Waals surface area contributed by atoms with Gasteiger partial charge >= 0.3 is 0 Å². The first-order valence-corrected chi connectivity index (χ1v) is 8.10. The standard InChI is InChI=1S/C15H15BrClN3O/c1-9(16)15(21)20-7-6-13-12(8-20)14(19-18-13)10-2-4-11(17)5-3-10/h2-5,9H,6-8H2,1H3,(H,18,19). The second-order valence-corrected chi connectivity index (χ2v) is 6.97. The van der Waals surface area contributed by atoms with Crippen molar-refractivity contribution in [2.24, 2.45) is 0 Å². The van der Waals surface area contributed by atoms with Crippen LogP contribution in [0.3, 0.4) is 0 Å². The largest absolute Gasteiger partial charge is 0.337 e. The number of nitrogens with zero attached hydrogens (tertiary/aromatic N) is 2. The second kappa shape index (κ2) is 5.81. The van der Waals surface area contributed by atoms with E-state index in [9.17, 15) is 4.79 Å². The summed E-state index contributed by atoms with van der Waals surface area (Å²) in [5.41, 5.74) is 4.13. The normalized spacial score (nSPS) is 15.7. The predicted octanol–water partition coefficient (Wildman–Crippen LogP) is 3.40. The Balaban J connectivity index is 1.92. The zero-order chi connectivity index (χ0) is 15.0. The number of hydrogen-bond donors (Lipinski definition) is 1. The molecule has 6 heteroatoms. The summed E-state index contributed by atoms with van der Waals surface area (Å²) >= 11 is 9.28. The van der Waals surface area contributed by atoms with E-state index in [0.717, 1.165) is 35.5 Å². The van der Waals surface area contributed by atoms with E-state index in [4.69, 9.17) is 11.6 Å². The number of carbonyl (C=O) groups is 1. The van der Waals surface area contributed by atoms with Crippen molar-refractivity contribution in [1.29, 1.82) is 0 Å². The van der Waals surface area contributed by atoms with Crippen LogP contribution in [-0.4, -0.2) is 32.4 Å². The number of amides is 1. The highest BCUT2D eigenvalue weighted by Crippen LogP contribution is 2.29. The number of fused-ring (bicyclic) bond motifs is 1. The van der Waals surface area contributed by atoms with Gasteiger partial charge in [0, 0.05) is 41.4 Å². The molecule has 1 aliphatic heterocycles. The first kappa shape index (κ1) is 14.6. The number of alkyl halides is 1. The average Bonchev–Trinajstić information content (AvgIpc) is 2.90. The summed E-state index contributed by atoms with van der Waals surface area (Å²) < 4.78 is 0. The van der Waals surface area contributed by atoms with Gasteiger partial charge in [-0.05, 0) is 19.1 Å². The van der Waals surface area contributed by atoms with Gasteiger partial charge in [0.15, 0.2) is 0 Å². The monoisotopic (exact) mass is 367 g/mol. The topological polar surface area (TPSA) is 49.0 Å². The fourth-order valence-corrected chi connectivity index (χ4v) is 3.00. The summed E-state index contributed by atoms with van der Waals surface area (Å²) in [7, 11) is 0. The van der Waals surface area contributed by atoms with Crippen LogP contribution in [0.2, 0.25) is 5.02 Å². The van der Waals surface area contributed by atoms with E-state index in [1.807, 2.05) is 36.1 Å². The zero-order valence-corrected chi connectivity index (χ0v) is 13.9. The molecule has 0 bridgehead atoms. The van der Waals surface area contributed by atoms with Gasteiger partial charge in [0.2, 0.25) is 5.91 Å². The Hall–Kier alpha value is -1.33. The number of nitrogens with one attached hydrogen (secondary N) is 1. The van der Waals surface area contributed by atoms with E-state index in [0.29, 0.717) is 11.6 Å². The van der Waals surface area contributed by atoms with E-state index < -0.39 is 0 Å². The lowest BCUT2D eigenvalue weighted by molar-refractivity contribution is -0.131. The molecule has 1 unspecified atom stereocenters. The van der Waals surface area contributed by atoms with Gasteiger partial charge in [-0.25, -0.2) is 0 Å². The van der Waals surface area contributed by atoms with Crippen molar-refractivity contribution in [3.63, 3.8) is 0 Å². The van der Waals surface area contributed by atoms with Crippen molar-refractivity contribution in [1.82, 2.24) is 15.1 Å². The minimum absolute atomic E-state index is 0.115. The number of hydrogen-bond acceptors (Lipinski definition) is 2. The lowest BCUT2D eigenvalue weighted by Gasteiger charge is -2.28. The Kier molecular flexibility index (Phi) is 4.04. The molecule has 110 valence electrons. The first-order chi connectivity index (χ1) is 10.1. The minimum atomic E-state index is -0.162. The number of aromatic amines is 1. The lowest BCUT2D eigenvalue weighted by atomic mass is 10.0. The Morgan fingerprint density at radius 3 is 2.81 bits per heavy atom. The summed E-state index contributed by atoms with van der Waals surface area (Å²) in [4.78, 5) is 13.9. The molecule has 1 amide bonds. The molecule has 3 rings (SSSR count). The van der Waals surface area contributed by atoms with Gasteiger partial charge in [0.25, 0.3) is 0 Å². The van der Waals surface area contributed by atoms with Crippen LogP contribution in [0.5, 0.6) is 0 Å². The smallest absolute Gasteiger partial charge is 0.236 e. The van der Waals surface area contributed by atoms with E-state index in [1.165, 1.54) is 0 Å². The molecule has 2 aromatic rings. The van der Waals surface area contributed by atoms with Gasteiger partial charge in [-0.2, -0.15) is 5.10 Å². The highest BCUT2D eigenvalue weighted by atomic mass is 79.9. The maximum atomic E-state index is 12.2. The molecule has 0 aliphatic carbocycles. The Morgan fingerprint density at radius 1 is 1.43 bits per heavy atom. The molecule has 1 aromatic heterocycles. The van der Waals surface area contributed by atoms with Crippen molar-refractivity contribution >= 4 is 33.4 Å². The molecule has 2 heterocycles. The van der Waals surface area contributed by atoms with Gasteiger partial charge < -0.3 is 4.90 Å². The highest BCUT2D eigenvalue weighted by Gasteiger charge is 2.27. The molecule has 1 atom stereocenters. The molecule has 1 aromatic carbocycles. The average molecular weight is 369 g/mol. The maximum Gasteiger partial charge on any atom is 0.236 e. The third kappa shape index (κ3) is 2.85. The van der Waals surface area contributed by atoms with Crippen molar-refractivity contribution in [2.75, 3.05) is 6.54 Å². The van der Waals surface area contributed by atoms with Crippen LogP contribution in [0.25, 0.3) is 11.3 Å². The van der Waals surface area contributed by atoms with Crippen molar-refractivity contribution < 1.29 is 4.79 Å². The fraction of sp³-hybridized carbons (Fsp3) is 0.333. The van der Waals surface area contributed by atoms with Gasteiger partial charge in [0.1, 0.15) is 0 Å². The Labute approximate surface area is 136 Å². The number of rotatable bonds is 2. The van der Waals surface area contributed by atoms with Crippen LogP contribution in [0.1, 0.15) is 18.2 Å². The molecule has 0 saturated heterocycles. The van der Waals surface area contributed by atoms with E-state index in [-0.39, 0.29) is 10.7 Å². The van der Waals surface area contributed by atoms with Gasteiger partial charge in [-0.3, -0.25) is 9.89 Å². The van der Waals surface area contributed by atoms with Gasteiger partial charge in [-0.15, -0.1) is 0 Å². The summed E-state index contributed by atoms with van der Waals surface area (Å²) in [6, 6.07) is 7.61. The molecule has 21 heavy (non-hydrogen) atoms. The summed E-state index contributed by atoms with van der Waals surface area (Å²) in [5, 5.41) is 8.22. The molecule has 0 radical (unpaired) electrons. The third-order valence-electron chi connectivity index (χ3n) is 3.70. The molecule has 1 aliphatic rings. The molecule has 1 N–H and O–H groups in total.